The Morgan fingerprint density at radius 1 is 1.38 bits per heavy atom. The quantitative estimate of drug-likeness (QED) is 0.654. The summed E-state index contributed by atoms with van der Waals surface area (Å²) in [5, 5.41) is 4.65. The van der Waals surface area contributed by atoms with Gasteiger partial charge in [-0.25, -0.2) is 0 Å². The van der Waals surface area contributed by atoms with E-state index in [0.717, 1.165) is 11.4 Å². The van der Waals surface area contributed by atoms with Crippen molar-refractivity contribution in [2.24, 2.45) is 0 Å². The van der Waals surface area contributed by atoms with Crippen molar-refractivity contribution in [3.63, 3.8) is 0 Å². The fourth-order valence-corrected chi connectivity index (χ4v) is 5.03. The number of hydrogen-bond donors (Lipinski definition) is 1. The molecule has 0 aliphatic heterocycles. The Kier molecular flexibility index (Phi) is 5.05. The second-order valence-electron chi connectivity index (χ2n) is 5.55. The number of fused-ring (bicyclic) bond motifs is 1. The molecule has 0 radical (unpaired) electrons. The molecule has 1 aliphatic rings. The molecule has 112 valence electrons. The molecule has 1 nitrogen and oxygen atoms in total. The minimum Gasteiger partial charge on any atom is -0.303 e. The second-order valence-corrected chi connectivity index (χ2v) is 8.51. The number of thiophene rings is 1. The van der Waals surface area contributed by atoms with E-state index in [4.69, 9.17) is 11.6 Å². The van der Waals surface area contributed by atoms with E-state index >= 15 is 0 Å². The summed E-state index contributed by atoms with van der Waals surface area (Å²) in [5.41, 5.74) is 2.81. The highest BCUT2D eigenvalue weighted by molar-refractivity contribution is 9.11. The normalized spacial score (nSPS) is 19.3. The molecular formula is C17H19BrClNS. The highest BCUT2D eigenvalue weighted by atomic mass is 79.9. The second kappa shape index (κ2) is 6.82. The zero-order valence-corrected chi connectivity index (χ0v) is 15.2. The monoisotopic (exact) mass is 383 g/mol. The summed E-state index contributed by atoms with van der Waals surface area (Å²) in [6, 6.07) is 11.4. The number of aryl methyl sites for hydroxylation is 1. The Bertz CT molecular complexity index is 608. The first-order valence-corrected chi connectivity index (χ1v) is 9.45. The van der Waals surface area contributed by atoms with Crippen LogP contribution in [-0.2, 0) is 6.42 Å². The average molecular weight is 385 g/mol. The van der Waals surface area contributed by atoms with E-state index in [9.17, 15) is 0 Å². The first kappa shape index (κ1) is 15.5. The molecule has 1 N–H and O–H groups in total. The fourth-order valence-electron chi connectivity index (χ4n) is 3.08. The molecule has 1 heterocycles. The van der Waals surface area contributed by atoms with Crippen molar-refractivity contribution in [1.29, 1.82) is 0 Å². The highest BCUT2D eigenvalue weighted by Gasteiger charge is 2.24. The van der Waals surface area contributed by atoms with E-state index in [2.05, 4.69) is 46.4 Å². The van der Waals surface area contributed by atoms with Gasteiger partial charge in [0.15, 0.2) is 0 Å². The third kappa shape index (κ3) is 3.53. The molecule has 0 saturated carbocycles. The number of halogens is 2. The van der Waals surface area contributed by atoms with Crippen molar-refractivity contribution >= 4 is 38.9 Å². The molecule has 1 aromatic heterocycles. The molecule has 2 unspecified atom stereocenters. The van der Waals surface area contributed by atoms with E-state index in [-0.39, 0.29) is 0 Å². The zero-order chi connectivity index (χ0) is 14.8. The predicted octanol–water partition coefficient (Wildman–Crippen LogP) is 6.28. The summed E-state index contributed by atoms with van der Waals surface area (Å²) < 4.78 is 1.25. The lowest BCUT2D eigenvalue weighted by molar-refractivity contribution is 0.395. The summed E-state index contributed by atoms with van der Waals surface area (Å²) in [5.74, 6) is 0. The van der Waals surface area contributed by atoms with Gasteiger partial charge in [-0.15, -0.1) is 11.3 Å². The third-order valence-electron chi connectivity index (χ3n) is 4.17. The Labute approximate surface area is 143 Å². The highest BCUT2D eigenvalue weighted by Crippen LogP contribution is 2.39. The SMILES string of the molecule is CCC(NC1CCCc2sc(Br)cc21)c1ccc(Cl)cc1. The maximum atomic E-state index is 6.00. The van der Waals surface area contributed by atoms with Gasteiger partial charge in [0.05, 0.1) is 3.79 Å². The van der Waals surface area contributed by atoms with Gasteiger partial charge >= 0.3 is 0 Å². The van der Waals surface area contributed by atoms with Crippen LogP contribution in [0.4, 0.5) is 0 Å². The van der Waals surface area contributed by atoms with Crippen LogP contribution < -0.4 is 5.32 Å². The van der Waals surface area contributed by atoms with E-state index in [1.807, 2.05) is 23.5 Å². The molecule has 3 rings (SSSR count). The maximum absolute atomic E-state index is 6.00. The predicted molar refractivity (Wildman–Crippen MR) is 95.3 cm³/mol. The van der Waals surface area contributed by atoms with E-state index in [1.165, 1.54) is 39.1 Å². The van der Waals surface area contributed by atoms with E-state index in [1.54, 1.807) is 0 Å². The first-order valence-electron chi connectivity index (χ1n) is 7.47. The molecule has 1 aromatic carbocycles. The smallest absolute Gasteiger partial charge is 0.0704 e. The molecule has 2 atom stereocenters. The van der Waals surface area contributed by atoms with Crippen LogP contribution in [0.15, 0.2) is 34.1 Å². The van der Waals surface area contributed by atoms with Crippen LogP contribution in [-0.4, -0.2) is 0 Å². The van der Waals surface area contributed by atoms with Gasteiger partial charge in [0.25, 0.3) is 0 Å². The lowest BCUT2D eigenvalue weighted by Gasteiger charge is -2.28. The number of benzene rings is 1. The topological polar surface area (TPSA) is 12.0 Å². The Hall–Kier alpha value is -0.350. The van der Waals surface area contributed by atoms with Crippen molar-refractivity contribution in [2.45, 2.75) is 44.7 Å². The summed E-state index contributed by atoms with van der Waals surface area (Å²) in [4.78, 5) is 1.54. The van der Waals surface area contributed by atoms with Gasteiger partial charge in [0.1, 0.15) is 0 Å². The van der Waals surface area contributed by atoms with Crippen LogP contribution in [0.1, 0.15) is 54.3 Å². The summed E-state index contributed by atoms with van der Waals surface area (Å²) in [7, 11) is 0. The zero-order valence-electron chi connectivity index (χ0n) is 12.0. The number of nitrogens with one attached hydrogen (secondary N) is 1. The molecule has 0 fully saturated rings. The van der Waals surface area contributed by atoms with Gasteiger partial charge in [-0.05, 0) is 70.9 Å². The fraction of sp³-hybridized carbons (Fsp3) is 0.412. The summed E-state index contributed by atoms with van der Waals surface area (Å²) in [6.07, 6.45) is 4.80. The van der Waals surface area contributed by atoms with Crippen molar-refractivity contribution in [2.75, 3.05) is 0 Å². The van der Waals surface area contributed by atoms with Crippen molar-refractivity contribution in [3.8, 4) is 0 Å². The lowest BCUT2D eigenvalue weighted by Crippen LogP contribution is -2.28. The van der Waals surface area contributed by atoms with Crippen LogP contribution in [0.5, 0.6) is 0 Å². The lowest BCUT2D eigenvalue weighted by atomic mass is 9.92. The van der Waals surface area contributed by atoms with Crippen molar-refractivity contribution < 1.29 is 0 Å². The third-order valence-corrected chi connectivity index (χ3v) is 6.13. The van der Waals surface area contributed by atoms with E-state index < -0.39 is 0 Å². The summed E-state index contributed by atoms with van der Waals surface area (Å²) >= 11 is 11.5. The van der Waals surface area contributed by atoms with Gasteiger partial charge < -0.3 is 5.32 Å². The minimum absolute atomic E-state index is 0.386. The molecule has 0 amide bonds. The van der Waals surface area contributed by atoms with Gasteiger partial charge in [-0.3, -0.25) is 0 Å². The van der Waals surface area contributed by atoms with Crippen LogP contribution in [0.25, 0.3) is 0 Å². The molecule has 2 aromatic rings. The van der Waals surface area contributed by atoms with Crippen molar-refractivity contribution in [1.82, 2.24) is 5.32 Å². The van der Waals surface area contributed by atoms with Gasteiger partial charge in [0.2, 0.25) is 0 Å². The average Bonchev–Trinajstić information content (AvgIpc) is 2.87. The molecular weight excluding hydrogens is 366 g/mol. The minimum atomic E-state index is 0.386. The molecule has 1 aliphatic carbocycles. The molecule has 4 heteroatoms. The first-order chi connectivity index (χ1) is 10.2. The van der Waals surface area contributed by atoms with E-state index in [0.29, 0.717) is 12.1 Å². The van der Waals surface area contributed by atoms with Crippen LogP contribution in [0, 0.1) is 0 Å². The Balaban J connectivity index is 1.80. The maximum Gasteiger partial charge on any atom is 0.0704 e. The number of rotatable bonds is 4. The Morgan fingerprint density at radius 3 is 2.86 bits per heavy atom. The molecule has 0 saturated heterocycles. The Morgan fingerprint density at radius 2 is 2.14 bits per heavy atom. The number of hydrogen-bond acceptors (Lipinski definition) is 2. The molecule has 0 bridgehead atoms. The van der Waals surface area contributed by atoms with Crippen LogP contribution in [0.2, 0.25) is 5.02 Å². The van der Waals surface area contributed by atoms with Crippen LogP contribution in [0.3, 0.4) is 0 Å². The van der Waals surface area contributed by atoms with Crippen molar-refractivity contribution in [3.05, 3.63) is 55.1 Å². The van der Waals surface area contributed by atoms with Gasteiger partial charge in [-0.2, -0.15) is 0 Å². The molecule has 21 heavy (non-hydrogen) atoms. The molecule has 0 spiro atoms. The van der Waals surface area contributed by atoms with Gasteiger partial charge in [-0.1, -0.05) is 30.7 Å². The largest absolute Gasteiger partial charge is 0.303 e. The van der Waals surface area contributed by atoms with Gasteiger partial charge in [0, 0.05) is 22.0 Å². The summed E-state index contributed by atoms with van der Waals surface area (Å²) in [6.45, 7) is 2.24. The standard InChI is InChI=1S/C17H19BrClNS/c1-2-14(11-6-8-12(19)9-7-11)20-15-4-3-5-16-13(15)10-17(18)21-16/h6-10,14-15,20H,2-5H2,1H3. The van der Waals surface area contributed by atoms with Crippen LogP contribution >= 0.6 is 38.9 Å².